The largest absolute Gasteiger partial charge is 0.353 e. The molecule has 0 aliphatic heterocycles. The van der Waals surface area contributed by atoms with E-state index in [9.17, 15) is 10.1 Å². The van der Waals surface area contributed by atoms with E-state index in [1.807, 2.05) is 6.92 Å². The first kappa shape index (κ1) is 19.2. The van der Waals surface area contributed by atoms with Crippen molar-refractivity contribution >= 4 is 63.5 Å². The van der Waals surface area contributed by atoms with E-state index in [4.69, 9.17) is 34.8 Å². The quantitative estimate of drug-likeness (QED) is 0.377. The molecule has 1 heterocycles. The van der Waals surface area contributed by atoms with Gasteiger partial charge in [0.2, 0.25) is 11.6 Å². The van der Waals surface area contributed by atoms with Crippen LogP contribution >= 0.6 is 34.8 Å². The summed E-state index contributed by atoms with van der Waals surface area (Å²) in [5.41, 5.74) is 1.48. The van der Waals surface area contributed by atoms with E-state index < -0.39 is 4.92 Å². The standard InChI is InChI=1S/C17H12Cl3N5O2/c1-9-5-6-10(7-12(9)19)23-16-15(25(26)27)17(22-8-21-16)24-13-4-2-3-11(18)14(13)20/h2-8H,1H3,(H2,21,22,23,24). The number of benzene rings is 2. The molecule has 0 saturated heterocycles. The van der Waals surface area contributed by atoms with Gasteiger partial charge in [0.05, 0.1) is 20.7 Å². The minimum Gasteiger partial charge on any atom is -0.334 e. The SMILES string of the molecule is Cc1ccc(Nc2ncnc(Nc3cccc(Cl)c3Cl)c2[N+](=O)[O-])cc1Cl. The summed E-state index contributed by atoms with van der Waals surface area (Å²) >= 11 is 18.2. The fourth-order valence-corrected chi connectivity index (χ4v) is 2.80. The van der Waals surface area contributed by atoms with Gasteiger partial charge in [-0.25, -0.2) is 9.97 Å². The second-order valence-electron chi connectivity index (χ2n) is 5.49. The number of nitro groups is 1. The van der Waals surface area contributed by atoms with Gasteiger partial charge in [-0.3, -0.25) is 10.1 Å². The van der Waals surface area contributed by atoms with Crippen molar-refractivity contribution in [3.63, 3.8) is 0 Å². The second-order valence-corrected chi connectivity index (χ2v) is 6.68. The molecule has 0 atom stereocenters. The number of hydrogen-bond acceptors (Lipinski definition) is 6. The lowest BCUT2D eigenvalue weighted by molar-refractivity contribution is -0.383. The van der Waals surface area contributed by atoms with Crippen molar-refractivity contribution in [1.29, 1.82) is 0 Å². The molecule has 3 aromatic rings. The van der Waals surface area contributed by atoms with Gasteiger partial charge in [-0.15, -0.1) is 0 Å². The van der Waals surface area contributed by atoms with Gasteiger partial charge < -0.3 is 10.6 Å². The second kappa shape index (κ2) is 7.96. The Hall–Kier alpha value is -2.61. The smallest absolute Gasteiger partial charge is 0.334 e. The lowest BCUT2D eigenvalue weighted by Crippen LogP contribution is -2.05. The minimum atomic E-state index is -0.584. The van der Waals surface area contributed by atoms with Crippen molar-refractivity contribution in [3.05, 3.63) is 73.5 Å². The van der Waals surface area contributed by atoms with Gasteiger partial charge in [-0.1, -0.05) is 46.9 Å². The average molecular weight is 425 g/mol. The number of rotatable bonds is 5. The van der Waals surface area contributed by atoms with Crippen LogP contribution in [-0.2, 0) is 0 Å². The summed E-state index contributed by atoms with van der Waals surface area (Å²) < 4.78 is 0. The van der Waals surface area contributed by atoms with Crippen molar-refractivity contribution in [1.82, 2.24) is 9.97 Å². The molecule has 0 fully saturated rings. The fourth-order valence-electron chi connectivity index (χ4n) is 2.27. The van der Waals surface area contributed by atoms with Crippen LogP contribution in [0.25, 0.3) is 0 Å². The number of halogens is 3. The Kier molecular flexibility index (Phi) is 5.65. The highest BCUT2D eigenvalue weighted by Crippen LogP contribution is 2.37. The first-order valence-corrected chi connectivity index (χ1v) is 8.74. The molecule has 0 radical (unpaired) electrons. The van der Waals surface area contributed by atoms with E-state index in [2.05, 4.69) is 20.6 Å². The summed E-state index contributed by atoms with van der Waals surface area (Å²) in [6, 6.07) is 10.1. The molecule has 0 aliphatic rings. The molecule has 2 aromatic carbocycles. The van der Waals surface area contributed by atoms with E-state index in [-0.39, 0.29) is 22.3 Å². The highest BCUT2D eigenvalue weighted by atomic mass is 35.5. The van der Waals surface area contributed by atoms with E-state index in [0.29, 0.717) is 21.4 Å². The van der Waals surface area contributed by atoms with Crippen LogP contribution in [0.2, 0.25) is 15.1 Å². The molecule has 0 bridgehead atoms. The van der Waals surface area contributed by atoms with Crippen LogP contribution in [0.15, 0.2) is 42.7 Å². The maximum Gasteiger partial charge on any atom is 0.353 e. The zero-order valence-electron chi connectivity index (χ0n) is 13.8. The lowest BCUT2D eigenvalue weighted by atomic mass is 10.2. The number of anilines is 4. The van der Waals surface area contributed by atoms with Gasteiger partial charge >= 0.3 is 5.69 Å². The molecule has 0 spiro atoms. The highest BCUT2D eigenvalue weighted by Gasteiger charge is 2.24. The van der Waals surface area contributed by atoms with Crippen molar-refractivity contribution < 1.29 is 4.92 Å². The molecule has 1 aromatic heterocycles. The molecule has 27 heavy (non-hydrogen) atoms. The Morgan fingerprint density at radius 3 is 2.37 bits per heavy atom. The minimum absolute atomic E-state index is 0.00979. The molecule has 7 nitrogen and oxygen atoms in total. The van der Waals surface area contributed by atoms with Gasteiger partial charge in [0.1, 0.15) is 6.33 Å². The summed E-state index contributed by atoms with van der Waals surface area (Å²) in [6.45, 7) is 1.86. The Morgan fingerprint density at radius 1 is 1.00 bits per heavy atom. The predicted octanol–water partition coefficient (Wildman–Crippen LogP) is 6.14. The number of hydrogen-bond donors (Lipinski definition) is 2. The number of aryl methyl sites for hydroxylation is 1. The number of nitrogens with one attached hydrogen (secondary N) is 2. The molecule has 3 rings (SSSR count). The molecule has 0 unspecified atom stereocenters. The van der Waals surface area contributed by atoms with E-state index in [0.717, 1.165) is 5.56 Å². The van der Waals surface area contributed by atoms with Crippen LogP contribution in [0, 0.1) is 17.0 Å². The summed E-state index contributed by atoms with van der Waals surface area (Å²) in [7, 11) is 0. The lowest BCUT2D eigenvalue weighted by Gasteiger charge is -2.12. The van der Waals surface area contributed by atoms with Crippen LogP contribution in [0.3, 0.4) is 0 Å². The molecule has 10 heteroatoms. The maximum absolute atomic E-state index is 11.7. The highest BCUT2D eigenvalue weighted by molar-refractivity contribution is 6.43. The summed E-state index contributed by atoms with van der Waals surface area (Å²) in [4.78, 5) is 19.0. The summed E-state index contributed by atoms with van der Waals surface area (Å²) in [5.74, 6) is -0.0181. The van der Waals surface area contributed by atoms with Gasteiger partial charge in [0.15, 0.2) is 0 Å². The number of aromatic nitrogens is 2. The Labute approximate surface area is 169 Å². The molecule has 138 valence electrons. The van der Waals surface area contributed by atoms with E-state index in [1.165, 1.54) is 6.33 Å². The normalized spacial score (nSPS) is 10.5. The van der Waals surface area contributed by atoms with Crippen LogP contribution in [0.1, 0.15) is 5.56 Å². The van der Waals surface area contributed by atoms with Crippen molar-refractivity contribution in [2.75, 3.05) is 10.6 Å². The zero-order chi connectivity index (χ0) is 19.6. The van der Waals surface area contributed by atoms with Crippen molar-refractivity contribution in [2.45, 2.75) is 6.92 Å². The summed E-state index contributed by atoms with van der Waals surface area (Å²) in [6.07, 6.45) is 1.20. The van der Waals surface area contributed by atoms with Crippen LogP contribution in [0.5, 0.6) is 0 Å². The van der Waals surface area contributed by atoms with Gasteiger partial charge in [-0.05, 0) is 36.8 Å². The van der Waals surface area contributed by atoms with Crippen molar-refractivity contribution in [2.24, 2.45) is 0 Å². The molecule has 0 amide bonds. The molecule has 0 aliphatic carbocycles. The monoisotopic (exact) mass is 423 g/mol. The third kappa shape index (κ3) is 4.21. The average Bonchev–Trinajstić information content (AvgIpc) is 2.62. The fraction of sp³-hybridized carbons (Fsp3) is 0.0588. The first-order valence-electron chi connectivity index (χ1n) is 7.60. The Morgan fingerprint density at radius 2 is 1.70 bits per heavy atom. The summed E-state index contributed by atoms with van der Waals surface area (Å²) in [5, 5.41) is 18.5. The predicted molar refractivity (Wildman–Crippen MR) is 108 cm³/mol. The van der Waals surface area contributed by atoms with E-state index in [1.54, 1.807) is 36.4 Å². The van der Waals surface area contributed by atoms with Crippen LogP contribution in [-0.4, -0.2) is 14.9 Å². The number of nitrogens with zero attached hydrogens (tertiary/aromatic N) is 3. The molecule has 2 N–H and O–H groups in total. The molecule has 0 saturated carbocycles. The van der Waals surface area contributed by atoms with Crippen molar-refractivity contribution in [3.8, 4) is 0 Å². The van der Waals surface area contributed by atoms with Gasteiger partial charge in [-0.2, -0.15) is 0 Å². The molecular formula is C17H12Cl3N5O2. The topological polar surface area (TPSA) is 93.0 Å². The van der Waals surface area contributed by atoms with Gasteiger partial charge in [0, 0.05) is 10.7 Å². The first-order chi connectivity index (χ1) is 12.9. The Bertz CT molecular complexity index is 1030. The third-order valence-corrected chi connectivity index (χ3v) is 4.87. The zero-order valence-corrected chi connectivity index (χ0v) is 16.1. The Balaban J connectivity index is 2.01. The van der Waals surface area contributed by atoms with Crippen LogP contribution in [0.4, 0.5) is 28.7 Å². The van der Waals surface area contributed by atoms with Gasteiger partial charge in [0.25, 0.3) is 0 Å². The van der Waals surface area contributed by atoms with Crippen LogP contribution < -0.4 is 10.6 Å². The molecular weight excluding hydrogens is 413 g/mol. The maximum atomic E-state index is 11.7. The third-order valence-electron chi connectivity index (χ3n) is 3.64. The van der Waals surface area contributed by atoms with E-state index >= 15 is 0 Å².